The molecule has 2 aromatic rings. The Balaban J connectivity index is 2.29. The summed E-state index contributed by atoms with van der Waals surface area (Å²) in [6.45, 7) is 1.28. The molecule has 1 aromatic carbocycles. The number of halogens is 1. The molecular weight excluding hydrogens is 231 g/mol. The summed E-state index contributed by atoms with van der Waals surface area (Å²) in [4.78, 5) is 10.6. The lowest BCUT2D eigenvalue weighted by atomic mass is 10.2. The fourth-order valence-corrected chi connectivity index (χ4v) is 1.61. The van der Waals surface area contributed by atoms with Gasteiger partial charge in [-0.25, -0.2) is 14.4 Å². The van der Waals surface area contributed by atoms with Crippen LogP contribution in [0.5, 0.6) is 0 Å². The molecule has 0 aliphatic carbocycles. The van der Waals surface area contributed by atoms with Crippen LogP contribution in [0.1, 0.15) is 0 Å². The predicted octanol–water partition coefficient (Wildman–Crippen LogP) is 1.68. The summed E-state index contributed by atoms with van der Waals surface area (Å²) in [6.07, 6.45) is 1.69. The van der Waals surface area contributed by atoms with Gasteiger partial charge in [0.15, 0.2) is 5.82 Å². The van der Waals surface area contributed by atoms with Crippen LogP contribution in [0, 0.1) is 5.82 Å². The fourth-order valence-electron chi connectivity index (χ4n) is 1.61. The van der Waals surface area contributed by atoms with E-state index in [0.717, 1.165) is 17.9 Å². The Morgan fingerprint density at radius 2 is 1.94 bits per heavy atom. The Morgan fingerprint density at radius 3 is 2.61 bits per heavy atom. The van der Waals surface area contributed by atoms with Gasteiger partial charge in [0.1, 0.15) is 11.6 Å². The Labute approximate surface area is 105 Å². The molecule has 2 N–H and O–H groups in total. The Morgan fingerprint density at radius 1 is 1.22 bits per heavy atom. The van der Waals surface area contributed by atoms with E-state index in [0.29, 0.717) is 12.4 Å². The lowest BCUT2D eigenvalue weighted by Gasteiger charge is -2.17. The van der Waals surface area contributed by atoms with Crippen molar-refractivity contribution in [2.24, 2.45) is 5.73 Å². The van der Waals surface area contributed by atoms with E-state index in [4.69, 9.17) is 5.73 Å². The molecular formula is C13H15FN4. The van der Waals surface area contributed by atoms with Gasteiger partial charge in [-0.05, 0) is 30.3 Å². The van der Waals surface area contributed by atoms with Crippen molar-refractivity contribution in [3.8, 4) is 11.4 Å². The second-order valence-electron chi connectivity index (χ2n) is 3.96. The molecule has 0 aliphatic rings. The largest absolute Gasteiger partial charge is 0.358 e. The minimum Gasteiger partial charge on any atom is -0.358 e. The van der Waals surface area contributed by atoms with Gasteiger partial charge in [-0.3, -0.25) is 0 Å². The summed E-state index contributed by atoms with van der Waals surface area (Å²) >= 11 is 0. The first-order chi connectivity index (χ1) is 8.70. The van der Waals surface area contributed by atoms with E-state index >= 15 is 0 Å². The molecule has 0 atom stereocenters. The van der Waals surface area contributed by atoms with E-state index in [1.54, 1.807) is 18.3 Å². The minimum absolute atomic E-state index is 0.268. The highest BCUT2D eigenvalue weighted by Gasteiger charge is 2.05. The number of benzene rings is 1. The molecule has 0 amide bonds. The average Bonchev–Trinajstić information content (AvgIpc) is 2.40. The van der Waals surface area contributed by atoms with Crippen LogP contribution in [0.25, 0.3) is 11.4 Å². The second-order valence-corrected chi connectivity index (χ2v) is 3.96. The Kier molecular flexibility index (Phi) is 3.84. The molecule has 0 unspecified atom stereocenters. The van der Waals surface area contributed by atoms with Crippen LogP contribution in [-0.2, 0) is 0 Å². The van der Waals surface area contributed by atoms with Gasteiger partial charge in [-0.1, -0.05) is 0 Å². The number of nitrogens with zero attached hydrogens (tertiary/aromatic N) is 3. The molecule has 18 heavy (non-hydrogen) atoms. The van der Waals surface area contributed by atoms with Crippen molar-refractivity contribution in [1.82, 2.24) is 9.97 Å². The zero-order chi connectivity index (χ0) is 13.0. The van der Waals surface area contributed by atoms with Crippen molar-refractivity contribution in [3.05, 3.63) is 42.3 Å². The molecule has 4 nitrogen and oxygen atoms in total. The molecule has 0 aliphatic heterocycles. The maximum Gasteiger partial charge on any atom is 0.161 e. The topological polar surface area (TPSA) is 55.0 Å². The smallest absolute Gasteiger partial charge is 0.161 e. The normalized spacial score (nSPS) is 10.4. The highest BCUT2D eigenvalue weighted by Crippen LogP contribution is 2.17. The van der Waals surface area contributed by atoms with Gasteiger partial charge in [0.2, 0.25) is 0 Å². The molecule has 0 radical (unpaired) electrons. The summed E-state index contributed by atoms with van der Waals surface area (Å²) in [6, 6.07) is 7.95. The van der Waals surface area contributed by atoms with Crippen LogP contribution in [0.3, 0.4) is 0 Å². The summed E-state index contributed by atoms with van der Waals surface area (Å²) in [5.74, 6) is 1.11. The van der Waals surface area contributed by atoms with Crippen LogP contribution < -0.4 is 10.6 Å². The van der Waals surface area contributed by atoms with Crippen molar-refractivity contribution < 1.29 is 4.39 Å². The quantitative estimate of drug-likeness (QED) is 0.891. The number of hydrogen-bond donors (Lipinski definition) is 1. The van der Waals surface area contributed by atoms with Gasteiger partial charge < -0.3 is 10.6 Å². The molecule has 0 fully saturated rings. The Bertz CT molecular complexity index is 513. The van der Waals surface area contributed by atoms with Crippen molar-refractivity contribution in [1.29, 1.82) is 0 Å². The summed E-state index contributed by atoms with van der Waals surface area (Å²) in [5.41, 5.74) is 6.30. The zero-order valence-corrected chi connectivity index (χ0v) is 10.2. The molecule has 0 spiro atoms. The molecule has 2 rings (SSSR count). The van der Waals surface area contributed by atoms with E-state index in [-0.39, 0.29) is 5.82 Å². The van der Waals surface area contributed by atoms with Crippen LogP contribution in [-0.4, -0.2) is 30.1 Å². The molecule has 5 heteroatoms. The van der Waals surface area contributed by atoms with E-state index in [1.165, 1.54) is 12.1 Å². The monoisotopic (exact) mass is 246 g/mol. The van der Waals surface area contributed by atoms with Crippen molar-refractivity contribution >= 4 is 5.82 Å². The molecule has 0 saturated heterocycles. The number of anilines is 1. The standard InChI is InChI=1S/C13H15FN4/c1-18(9-7-15)12-6-8-16-13(17-12)10-2-4-11(14)5-3-10/h2-6,8H,7,9,15H2,1H3. The van der Waals surface area contributed by atoms with Crippen LogP contribution >= 0.6 is 0 Å². The van der Waals surface area contributed by atoms with Gasteiger partial charge in [0.25, 0.3) is 0 Å². The summed E-state index contributed by atoms with van der Waals surface area (Å²) in [5, 5.41) is 0. The molecule has 0 bridgehead atoms. The van der Waals surface area contributed by atoms with Crippen molar-refractivity contribution in [3.63, 3.8) is 0 Å². The molecule has 0 saturated carbocycles. The maximum absolute atomic E-state index is 12.8. The van der Waals surface area contributed by atoms with Crippen LogP contribution in [0.4, 0.5) is 10.2 Å². The summed E-state index contributed by atoms with van der Waals surface area (Å²) in [7, 11) is 1.92. The Hall–Kier alpha value is -2.01. The first-order valence-electron chi connectivity index (χ1n) is 5.71. The second kappa shape index (κ2) is 5.55. The van der Waals surface area contributed by atoms with Crippen molar-refractivity contribution in [2.45, 2.75) is 0 Å². The first kappa shape index (κ1) is 12.4. The van der Waals surface area contributed by atoms with Gasteiger partial charge in [-0.2, -0.15) is 0 Å². The number of aromatic nitrogens is 2. The lowest BCUT2D eigenvalue weighted by Crippen LogP contribution is -2.25. The van der Waals surface area contributed by atoms with E-state index in [2.05, 4.69) is 9.97 Å². The lowest BCUT2D eigenvalue weighted by molar-refractivity contribution is 0.628. The van der Waals surface area contributed by atoms with E-state index in [9.17, 15) is 4.39 Å². The third-order valence-corrected chi connectivity index (χ3v) is 2.60. The number of likely N-dealkylation sites (N-methyl/N-ethyl adjacent to an activating group) is 1. The molecule has 1 aromatic heterocycles. The zero-order valence-electron chi connectivity index (χ0n) is 10.2. The van der Waals surface area contributed by atoms with Crippen LogP contribution in [0.15, 0.2) is 36.5 Å². The molecule has 1 heterocycles. The first-order valence-corrected chi connectivity index (χ1v) is 5.71. The SMILES string of the molecule is CN(CCN)c1ccnc(-c2ccc(F)cc2)n1. The van der Waals surface area contributed by atoms with Gasteiger partial charge in [0, 0.05) is 31.9 Å². The highest BCUT2D eigenvalue weighted by molar-refractivity contribution is 5.56. The van der Waals surface area contributed by atoms with Crippen LogP contribution in [0.2, 0.25) is 0 Å². The minimum atomic E-state index is -0.268. The highest BCUT2D eigenvalue weighted by atomic mass is 19.1. The number of rotatable bonds is 4. The fraction of sp³-hybridized carbons (Fsp3) is 0.231. The third-order valence-electron chi connectivity index (χ3n) is 2.60. The summed E-state index contributed by atoms with van der Waals surface area (Å²) < 4.78 is 12.8. The van der Waals surface area contributed by atoms with Gasteiger partial charge >= 0.3 is 0 Å². The number of hydrogen-bond acceptors (Lipinski definition) is 4. The predicted molar refractivity (Wildman–Crippen MR) is 69.8 cm³/mol. The van der Waals surface area contributed by atoms with E-state index < -0.39 is 0 Å². The average molecular weight is 246 g/mol. The van der Waals surface area contributed by atoms with Gasteiger partial charge in [0.05, 0.1) is 0 Å². The van der Waals surface area contributed by atoms with Gasteiger partial charge in [-0.15, -0.1) is 0 Å². The number of nitrogens with two attached hydrogens (primary N) is 1. The van der Waals surface area contributed by atoms with E-state index in [1.807, 2.05) is 18.0 Å². The third kappa shape index (κ3) is 2.81. The maximum atomic E-state index is 12.8. The molecule has 94 valence electrons. The van der Waals surface area contributed by atoms with Crippen molar-refractivity contribution in [2.75, 3.05) is 25.0 Å².